The van der Waals surface area contributed by atoms with Crippen LogP contribution in [0.5, 0.6) is 0 Å². The summed E-state index contributed by atoms with van der Waals surface area (Å²) in [6.45, 7) is 8.64. The van der Waals surface area contributed by atoms with Gasteiger partial charge in [0.2, 0.25) is 0 Å². The van der Waals surface area contributed by atoms with Crippen molar-refractivity contribution < 1.29 is 0 Å². The van der Waals surface area contributed by atoms with Crippen LogP contribution in [0.3, 0.4) is 0 Å². The van der Waals surface area contributed by atoms with Gasteiger partial charge in [-0.25, -0.2) is 9.97 Å². The summed E-state index contributed by atoms with van der Waals surface area (Å²) < 4.78 is 0. The van der Waals surface area contributed by atoms with Gasteiger partial charge < -0.3 is 20.9 Å². The second kappa shape index (κ2) is 7.59. The van der Waals surface area contributed by atoms with Crippen LogP contribution in [-0.2, 0) is 6.54 Å². The fourth-order valence-electron chi connectivity index (χ4n) is 3.57. The molecule has 1 aliphatic heterocycles. The number of piperazine rings is 1. The number of nitrogens with zero attached hydrogens (tertiary/aromatic N) is 5. The van der Waals surface area contributed by atoms with E-state index < -0.39 is 0 Å². The van der Waals surface area contributed by atoms with Gasteiger partial charge in [-0.1, -0.05) is 0 Å². The number of pyridine rings is 1. The van der Waals surface area contributed by atoms with Crippen molar-refractivity contribution >= 4 is 28.1 Å². The van der Waals surface area contributed by atoms with Gasteiger partial charge in [0.05, 0.1) is 23.4 Å². The average Bonchev–Trinajstić information content (AvgIpc) is 2.67. The maximum absolute atomic E-state index is 6.12. The largest absolute Gasteiger partial charge is 0.398 e. The number of nitrogens with two attached hydrogens (primary N) is 1. The third-order valence-electron chi connectivity index (χ3n) is 5.19. The van der Waals surface area contributed by atoms with Crippen LogP contribution < -0.4 is 16.0 Å². The second-order valence-electron chi connectivity index (χ2n) is 7.46. The Bertz CT molecular complexity index is 993. The Balaban J connectivity index is 1.56. The molecule has 4 rings (SSSR count). The highest BCUT2D eigenvalue weighted by Gasteiger charge is 2.16. The molecule has 1 fully saturated rings. The average molecular weight is 377 g/mol. The molecule has 2 aromatic heterocycles. The first-order valence-corrected chi connectivity index (χ1v) is 9.67. The van der Waals surface area contributed by atoms with E-state index in [4.69, 9.17) is 5.73 Å². The van der Waals surface area contributed by atoms with Gasteiger partial charge in [-0.05, 0) is 45.2 Å². The number of fused-ring (bicyclic) bond motifs is 1. The smallest absolute Gasteiger partial charge is 0.132 e. The number of aryl methyl sites for hydroxylation is 2. The van der Waals surface area contributed by atoms with E-state index in [1.54, 1.807) is 0 Å². The molecular formula is C21H27N7. The van der Waals surface area contributed by atoms with E-state index in [9.17, 15) is 0 Å². The van der Waals surface area contributed by atoms with Gasteiger partial charge in [-0.3, -0.25) is 4.98 Å². The number of hydrogen-bond donors (Lipinski definition) is 2. The summed E-state index contributed by atoms with van der Waals surface area (Å²) >= 11 is 0. The van der Waals surface area contributed by atoms with E-state index in [0.717, 1.165) is 71.5 Å². The molecule has 0 spiro atoms. The number of rotatable bonds is 4. The van der Waals surface area contributed by atoms with E-state index in [1.807, 2.05) is 38.1 Å². The first kappa shape index (κ1) is 18.4. The molecule has 3 heterocycles. The number of hydrogen-bond acceptors (Lipinski definition) is 7. The molecule has 0 radical (unpaired) electrons. The normalized spacial score (nSPS) is 15.2. The van der Waals surface area contributed by atoms with Gasteiger partial charge in [0.25, 0.3) is 0 Å². The molecule has 146 valence electrons. The highest BCUT2D eigenvalue weighted by atomic mass is 15.3. The Morgan fingerprint density at radius 3 is 2.57 bits per heavy atom. The second-order valence-corrected chi connectivity index (χ2v) is 7.46. The monoisotopic (exact) mass is 377 g/mol. The number of nitrogen functional groups attached to an aromatic ring is 1. The molecule has 3 aromatic rings. The van der Waals surface area contributed by atoms with Gasteiger partial charge in [-0.15, -0.1) is 0 Å². The standard InChI is InChI=1S/C21H27N7/c1-14-4-5-17-18(22)6-7-19(21(17)24-14)23-13-16-12-20(26-15(2)25-16)28-10-8-27(3)9-11-28/h4-7,12,23H,8-11,13,22H2,1-3H3. The Kier molecular flexibility index (Phi) is 5.00. The summed E-state index contributed by atoms with van der Waals surface area (Å²) in [4.78, 5) is 18.6. The zero-order valence-corrected chi connectivity index (χ0v) is 16.7. The van der Waals surface area contributed by atoms with Gasteiger partial charge in [0.15, 0.2) is 0 Å². The SMILES string of the molecule is Cc1ccc2c(N)ccc(NCc3cc(N4CCN(C)CC4)nc(C)n3)c2n1. The molecule has 28 heavy (non-hydrogen) atoms. The van der Waals surface area contributed by atoms with Crippen LogP contribution in [0.25, 0.3) is 10.9 Å². The van der Waals surface area contributed by atoms with Gasteiger partial charge in [0.1, 0.15) is 11.6 Å². The van der Waals surface area contributed by atoms with Crippen LogP contribution in [0.4, 0.5) is 17.2 Å². The minimum Gasteiger partial charge on any atom is -0.398 e. The van der Waals surface area contributed by atoms with Crippen molar-refractivity contribution in [2.24, 2.45) is 0 Å². The highest BCUT2D eigenvalue weighted by Crippen LogP contribution is 2.27. The number of likely N-dealkylation sites (N-methyl/N-ethyl adjacent to an activating group) is 1. The summed E-state index contributed by atoms with van der Waals surface area (Å²) in [6.07, 6.45) is 0. The predicted molar refractivity (Wildman–Crippen MR) is 115 cm³/mol. The van der Waals surface area contributed by atoms with Gasteiger partial charge in [-0.2, -0.15) is 0 Å². The Hall–Kier alpha value is -2.93. The van der Waals surface area contributed by atoms with Crippen molar-refractivity contribution in [3.8, 4) is 0 Å². The van der Waals surface area contributed by atoms with Crippen molar-refractivity contribution in [1.82, 2.24) is 19.9 Å². The number of benzene rings is 1. The van der Waals surface area contributed by atoms with Crippen molar-refractivity contribution in [2.45, 2.75) is 20.4 Å². The fraction of sp³-hybridized carbons (Fsp3) is 0.381. The van der Waals surface area contributed by atoms with Crippen LogP contribution in [0.15, 0.2) is 30.3 Å². The topological polar surface area (TPSA) is 83.2 Å². The zero-order valence-electron chi connectivity index (χ0n) is 16.7. The molecule has 0 amide bonds. The maximum Gasteiger partial charge on any atom is 0.132 e. The molecule has 7 nitrogen and oxygen atoms in total. The molecule has 1 saturated heterocycles. The predicted octanol–water partition coefficient (Wildman–Crippen LogP) is 2.59. The van der Waals surface area contributed by atoms with E-state index in [0.29, 0.717) is 6.54 Å². The van der Waals surface area contributed by atoms with Crippen molar-refractivity contribution in [2.75, 3.05) is 49.2 Å². The van der Waals surface area contributed by atoms with E-state index in [-0.39, 0.29) is 0 Å². The van der Waals surface area contributed by atoms with E-state index >= 15 is 0 Å². The van der Waals surface area contributed by atoms with Crippen LogP contribution in [0.1, 0.15) is 17.2 Å². The van der Waals surface area contributed by atoms with Crippen molar-refractivity contribution in [3.05, 3.63) is 47.5 Å². The molecule has 0 aliphatic carbocycles. The van der Waals surface area contributed by atoms with Crippen LogP contribution in [-0.4, -0.2) is 53.1 Å². The van der Waals surface area contributed by atoms with Crippen molar-refractivity contribution in [3.63, 3.8) is 0 Å². The van der Waals surface area contributed by atoms with Crippen LogP contribution >= 0.6 is 0 Å². The molecule has 0 bridgehead atoms. The lowest BCUT2D eigenvalue weighted by molar-refractivity contribution is 0.312. The molecular weight excluding hydrogens is 350 g/mol. The lowest BCUT2D eigenvalue weighted by Gasteiger charge is -2.33. The molecule has 3 N–H and O–H groups in total. The highest BCUT2D eigenvalue weighted by molar-refractivity contribution is 5.98. The molecule has 0 saturated carbocycles. The third kappa shape index (κ3) is 3.84. The number of aromatic nitrogens is 3. The Labute approximate surface area is 165 Å². The third-order valence-corrected chi connectivity index (χ3v) is 5.19. The molecule has 0 unspecified atom stereocenters. The summed E-state index contributed by atoms with van der Waals surface area (Å²) in [6, 6.07) is 10.0. The lowest BCUT2D eigenvalue weighted by Crippen LogP contribution is -2.45. The number of anilines is 3. The first-order valence-electron chi connectivity index (χ1n) is 9.67. The van der Waals surface area contributed by atoms with Crippen molar-refractivity contribution in [1.29, 1.82) is 0 Å². The zero-order chi connectivity index (χ0) is 19.7. The van der Waals surface area contributed by atoms with Gasteiger partial charge >= 0.3 is 0 Å². The summed E-state index contributed by atoms with van der Waals surface area (Å²) in [5.74, 6) is 1.80. The first-order chi connectivity index (χ1) is 13.5. The number of nitrogens with one attached hydrogen (secondary N) is 1. The fourth-order valence-corrected chi connectivity index (χ4v) is 3.57. The minimum atomic E-state index is 0.610. The summed E-state index contributed by atoms with van der Waals surface area (Å²) in [5.41, 5.74) is 10.7. The van der Waals surface area contributed by atoms with Crippen LogP contribution in [0, 0.1) is 13.8 Å². The molecule has 1 aromatic carbocycles. The Morgan fingerprint density at radius 1 is 1.00 bits per heavy atom. The van der Waals surface area contributed by atoms with E-state index in [2.05, 4.69) is 43.2 Å². The molecule has 7 heteroatoms. The molecule has 1 aliphatic rings. The minimum absolute atomic E-state index is 0.610. The molecule has 0 atom stereocenters. The summed E-state index contributed by atoms with van der Waals surface area (Å²) in [5, 5.41) is 4.45. The quantitative estimate of drug-likeness (QED) is 0.676. The van der Waals surface area contributed by atoms with Gasteiger partial charge in [0, 0.05) is 49.0 Å². The Morgan fingerprint density at radius 2 is 1.79 bits per heavy atom. The summed E-state index contributed by atoms with van der Waals surface area (Å²) in [7, 11) is 2.16. The lowest BCUT2D eigenvalue weighted by atomic mass is 10.1. The van der Waals surface area contributed by atoms with Crippen LogP contribution in [0.2, 0.25) is 0 Å². The maximum atomic E-state index is 6.12. The van der Waals surface area contributed by atoms with E-state index in [1.165, 1.54) is 0 Å².